The van der Waals surface area contributed by atoms with Crippen molar-refractivity contribution in [1.82, 2.24) is 9.55 Å². The zero-order valence-corrected chi connectivity index (χ0v) is 24.0. The molecule has 1 aromatic heterocycles. The van der Waals surface area contributed by atoms with Gasteiger partial charge in [-0.25, -0.2) is 4.98 Å². The van der Waals surface area contributed by atoms with Crippen LogP contribution in [0, 0.1) is 17.8 Å². The Labute approximate surface area is 230 Å². The van der Waals surface area contributed by atoms with Gasteiger partial charge in [0.15, 0.2) is 0 Å². The van der Waals surface area contributed by atoms with Crippen LogP contribution >= 0.6 is 0 Å². The lowest BCUT2D eigenvalue weighted by molar-refractivity contribution is 0.400. The standard InChI is InChI=1S/C35H46N2O/c1-5-6-7-8-9-10-11-12-13-14-15-27-22-32(37-24-26(2)36-25-37)35(4)21-19-31-30(33(27)35)17-16-28-23-29(38)18-20-34(28,31)3/h16-19,21-25,38H,5-15,20H2,1-4H3/t34-,35-/m1/s1. The zero-order valence-electron chi connectivity index (χ0n) is 24.0. The first kappa shape index (κ1) is 26.8. The molecule has 0 spiro atoms. The molecule has 38 heavy (non-hydrogen) atoms. The van der Waals surface area contributed by atoms with Gasteiger partial charge in [0.1, 0.15) is 5.76 Å². The van der Waals surface area contributed by atoms with Crippen LogP contribution in [0.25, 0.3) is 5.70 Å². The Morgan fingerprint density at radius 3 is 2.32 bits per heavy atom. The molecule has 0 saturated heterocycles. The van der Waals surface area contributed by atoms with E-state index in [0.29, 0.717) is 5.76 Å². The molecule has 0 fully saturated rings. The van der Waals surface area contributed by atoms with E-state index in [4.69, 9.17) is 0 Å². The summed E-state index contributed by atoms with van der Waals surface area (Å²) in [6, 6.07) is 0. The minimum Gasteiger partial charge on any atom is -0.508 e. The minimum atomic E-state index is -0.172. The number of rotatable bonds is 12. The Balaban J connectivity index is 1.36. The van der Waals surface area contributed by atoms with Crippen molar-refractivity contribution in [3.05, 3.63) is 94.4 Å². The van der Waals surface area contributed by atoms with Gasteiger partial charge in [0.2, 0.25) is 0 Å². The van der Waals surface area contributed by atoms with Gasteiger partial charge in [-0.1, -0.05) is 95.9 Å². The number of aromatic nitrogens is 2. The average molecular weight is 511 g/mol. The molecule has 202 valence electrons. The van der Waals surface area contributed by atoms with Crippen LogP contribution in [0.5, 0.6) is 0 Å². The van der Waals surface area contributed by atoms with Gasteiger partial charge in [-0.2, -0.15) is 0 Å². The van der Waals surface area contributed by atoms with E-state index in [1.807, 2.05) is 18.5 Å². The highest BCUT2D eigenvalue weighted by atomic mass is 16.3. The van der Waals surface area contributed by atoms with Crippen molar-refractivity contribution in [2.24, 2.45) is 10.8 Å². The van der Waals surface area contributed by atoms with Crippen LogP contribution in [0.2, 0.25) is 0 Å². The molecule has 3 nitrogen and oxygen atoms in total. The zero-order chi connectivity index (χ0) is 26.8. The van der Waals surface area contributed by atoms with Gasteiger partial charge in [0, 0.05) is 17.3 Å². The summed E-state index contributed by atoms with van der Waals surface area (Å²) in [4.78, 5) is 4.55. The number of allylic oxidation sites excluding steroid dienone is 13. The molecular weight excluding hydrogens is 464 g/mol. The molecule has 4 aliphatic rings. The van der Waals surface area contributed by atoms with E-state index in [1.165, 1.54) is 97.8 Å². The smallest absolute Gasteiger partial charge is 0.111 e. The van der Waals surface area contributed by atoms with Gasteiger partial charge in [0.25, 0.3) is 0 Å². The summed E-state index contributed by atoms with van der Waals surface area (Å²) in [6.45, 7) is 9.06. The second kappa shape index (κ2) is 11.1. The molecule has 0 saturated carbocycles. The lowest BCUT2D eigenvalue weighted by atomic mass is 9.61. The fourth-order valence-electron chi connectivity index (χ4n) is 6.97. The fraction of sp³-hybridized carbons (Fsp3) is 0.514. The van der Waals surface area contributed by atoms with E-state index in [2.05, 4.69) is 73.8 Å². The van der Waals surface area contributed by atoms with Gasteiger partial charge >= 0.3 is 0 Å². The van der Waals surface area contributed by atoms with Crippen molar-refractivity contribution in [1.29, 1.82) is 0 Å². The summed E-state index contributed by atoms with van der Waals surface area (Å²) >= 11 is 0. The van der Waals surface area contributed by atoms with Crippen molar-refractivity contribution in [2.45, 2.75) is 105 Å². The van der Waals surface area contributed by atoms with Crippen molar-refractivity contribution in [3.63, 3.8) is 0 Å². The van der Waals surface area contributed by atoms with E-state index in [1.54, 1.807) is 0 Å². The molecule has 2 atom stereocenters. The molecule has 5 rings (SSSR count). The first-order valence-electron chi connectivity index (χ1n) is 15.1. The Hall–Kier alpha value is -2.81. The predicted molar refractivity (Wildman–Crippen MR) is 160 cm³/mol. The summed E-state index contributed by atoms with van der Waals surface area (Å²) in [6.07, 6.45) is 35.4. The van der Waals surface area contributed by atoms with E-state index in [-0.39, 0.29) is 10.8 Å². The largest absolute Gasteiger partial charge is 0.508 e. The number of imidazole rings is 1. The fourth-order valence-corrected chi connectivity index (χ4v) is 6.97. The Morgan fingerprint density at radius 2 is 1.63 bits per heavy atom. The summed E-state index contributed by atoms with van der Waals surface area (Å²) in [5.74, 6) is 0.386. The number of hydrogen-bond acceptors (Lipinski definition) is 2. The van der Waals surface area contributed by atoms with Gasteiger partial charge in [-0.05, 0) is 79.2 Å². The van der Waals surface area contributed by atoms with Crippen LogP contribution in [-0.2, 0) is 0 Å². The SMILES string of the molecule is CCCCCCCCCCCCC1=C2C3=C(C=C[C@]2(C)C(n2cnc(C)c2)=C1)[C@]1(C)CC=C(O)C=C1C=C3. The molecule has 1 N–H and O–H groups in total. The average Bonchev–Trinajstić information content (AvgIpc) is 3.45. The normalized spacial score (nSPS) is 25.7. The molecule has 0 aromatic carbocycles. The van der Waals surface area contributed by atoms with Crippen LogP contribution in [-0.4, -0.2) is 14.7 Å². The molecule has 0 radical (unpaired) electrons. The monoisotopic (exact) mass is 510 g/mol. The molecule has 0 amide bonds. The quantitative estimate of drug-likeness (QED) is 0.284. The third-order valence-electron chi connectivity index (χ3n) is 9.30. The number of fused-ring (bicyclic) bond motifs is 4. The lowest BCUT2D eigenvalue weighted by Crippen LogP contribution is -2.31. The molecule has 4 aliphatic carbocycles. The third kappa shape index (κ3) is 4.97. The summed E-state index contributed by atoms with van der Waals surface area (Å²) in [5.41, 5.74) is 9.02. The Kier molecular flexibility index (Phi) is 7.84. The van der Waals surface area contributed by atoms with Gasteiger partial charge in [-0.3, -0.25) is 0 Å². The van der Waals surface area contributed by atoms with E-state index >= 15 is 0 Å². The molecule has 0 bridgehead atoms. The molecule has 0 unspecified atom stereocenters. The second-order valence-electron chi connectivity index (χ2n) is 12.2. The summed E-state index contributed by atoms with van der Waals surface area (Å²) < 4.78 is 2.23. The summed E-state index contributed by atoms with van der Waals surface area (Å²) in [7, 11) is 0. The first-order valence-corrected chi connectivity index (χ1v) is 15.1. The highest BCUT2D eigenvalue weighted by molar-refractivity contribution is 5.79. The van der Waals surface area contributed by atoms with Crippen LogP contribution < -0.4 is 0 Å². The van der Waals surface area contributed by atoms with Gasteiger partial charge < -0.3 is 9.67 Å². The first-order chi connectivity index (χ1) is 18.4. The van der Waals surface area contributed by atoms with Gasteiger partial charge in [0.05, 0.1) is 17.4 Å². The van der Waals surface area contributed by atoms with Crippen molar-refractivity contribution >= 4 is 5.70 Å². The number of nitrogens with zero attached hydrogens (tertiary/aromatic N) is 2. The highest BCUT2D eigenvalue weighted by Gasteiger charge is 2.46. The van der Waals surface area contributed by atoms with Crippen LogP contribution in [0.1, 0.15) is 104 Å². The maximum Gasteiger partial charge on any atom is 0.111 e. The highest BCUT2D eigenvalue weighted by Crippen LogP contribution is 2.59. The predicted octanol–water partition coefficient (Wildman–Crippen LogP) is 9.87. The van der Waals surface area contributed by atoms with Crippen LogP contribution in [0.4, 0.5) is 0 Å². The summed E-state index contributed by atoms with van der Waals surface area (Å²) in [5, 5.41) is 10.2. The molecular formula is C35H46N2O. The minimum absolute atomic E-state index is 0.0995. The number of aryl methyl sites for hydroxylation is 1. The lowest BCUT2D eigenvalue weighted by Gasteiger charge is -2.43. The Morgan fingerprint density at radius 1 is 0.921 bits per heavy atom. The molecule has 0 aliphatic heterocycles. The van der Waals surface area contributed by atoms with Crippen molar-refractivity contribution in [2.75, 3.05) is 0 Å². The van der Waals surface area contributed by atoms with Crippen LogP contribution in [0.15, 0.2) is 88.7 Å². The number of aliphatic hydroxyl groups excluding tert-OH is 1. The van der Waals surface area contributed by atoms with Gasteiger partial charge in [-0.15, -0.1) is 0 Å². The molecule has 1 aromatic rings. The molecule has 3 heteroatoms. The van der Waals surface area contributed by atoms with E-state index in [9.17, 15) is 5.11 Å². The number of unbranched alkanes of at least 4 members (excludes halogenated alkanes) is 9. The Bertz CT molecular complexity index is 1280. The van der Waals surface area contributed by atoms with Crippen molar-refractivity contribution in [3.8, 4) is 0 Å². The van der Waals surface area contributed by atoms with Crippen LogP contribution in [0.3, 0.4) is 0 Å². The van der Waals surface area contributed by atoms with E-state index in [0.717, 1.165) is 18.5 Å². The second-order valence-corrected chi connectivity index (χ2v) is 12.2. The molecule has 1 heterocycles. The van der Waals surface area contributed by atoms with Crippen molar-refractivity contribution < 1.29 is 5.11 Å². The maximum absolute atomic E-state index is 10.2. The number of aliphatic hydroxyl groups is 1. The topological polar surface area (TPSA) is 38.0 Å². The number of hydrogen-bond donors (Lipinski definition) is 1. The maximum atomic E-state index is 10.2. The van der Waals surface area contributed by atoms with E-state index < -0.39 is 0 Å². The third-order valence-corrected chi connectivity index (χ3v) is 9.30.